The van der Waals surface area contributed by atoms with Gasteiger partial charge in [-0.2, -0.15) is 4.98 Å². The molecule has 0 radical (unpaired) electrons. The maximum absolute atomic E-state index is 12.6. The Balaban J connectivity index is 1.34. The number of aromatic nitrogens is 2. The quantitative estimate of drug-likeness (QED) is 0.315. The lowest BCUT2D eigenvalue weighted by atomic mass is 10.2. The Kier molecular flexibility index (Phi) is 5.66. The van der Waals surface area contributed by atoms with Crippen molar-refractivity contribution in [3.63, 3.8) is 0 Å². The molecule has 1 atom stereocenters. The molecule has 1 fully saturated rings. The van der Waals surface area contributed by atoms with Crippen molar-refractivity contribution < 1.29 is 4.74 Å². The zero-order chi connectivity index (χ0) is 20.2. The van der Waals surface area contributed by atoms with Crippen molar-refractivity contribution in [1.29, 1.82) is 0 Å². The molecule has 9 heteroatoms. The van der Waals surface area contributed by atoms with Crippen molar-refractivity contribution in [1.82, 2.24) is 14.5 Å². The van der Waals surface area contributed by atoms with E-state index in [4.69, 9.17) is 16.2 Å². The van der Waals surface area contributed by atoms with Crippen LogP contribution in [0.5, 0.6) is 11.5 Å². The van der Waals surface area contributed by atoms with Gasteiger partial charge in [0.2, 0.25) is 0 Å². The van der Waals surface area contributed by atoms with Gasteiger partial charge in [0.1, 0.15) is 0 Å². The van der Waals surface area contributed by atoms with Gasteiger partial charge in [-0.1, -0.05) is 18.6 Å². The highest BCUT2D eigenvalue weighted by atomic mass is 16.5. The van der Waals surface area contributed by atoms with E-state index in [1.54, 1.807) is 10.8 Å². The van der Waals surface area contributed by atoms with Crippen molar-refractivity contribution in [3.8, 4) is 11.5 Å². The van der Waals surface area contributed by atoms with Gasteiger partial charge >= 0.3 is 5.69 Å². The van der Waals surface area contributed by atoms with Crippen LogP contribution in [0, 0.1) is 0 Å². The van der Waals surface area contributed by atoms with Gasteiger partial charge in [-0.3, -0.25) is 9.56 Å². The Bertz CT molecular complexity index is 952. The maximum atomic E-state index is 12.6. The van der Waals surface area contributed by atoms with E-state index < -0.39 is 0 Å². The Labute approximate surface area is 169 Å². The molecule has 2 aliphatic rings. The molecule has 29 heavy (non-hydrogen) atoms. The summed E-state index contributed by atoms with van der Waals surface area (Å²) in [4.78, 5) is 23.2. The first-order chi connectivity index (χ1) is 14.1. The number of hydrogen-bond donors (Lipinski definition) is 3. The van der Waals surface area contributed by atoms with Crippen LogP contribution in [0.15, 0.2) is 40.2 Å². The number of benzene rings is 1. The Morgan fingerprint density at radius 2 is 2.10 bits per heavy atom. The van der Waals surface area contributed by atoms with Crippen molar-refractivity contribution >= 4 is 17.5 Å². The molecule has 154 valence electrons. The van der Waals surface area contributed by atoms with E-state index in [1.165, 1.54) is 0 Å². The fourth-order valence-corrected chi connectivity index (χ4v) is 3.86. The number of rotatable bonds is 7. The molecular formula is C20H27N7O2. The number of para-hydroxylation sites is 2. The van der Waals surface area contributed by atoms with Crippen molar-refractivity contribution in [2.75, 3.05) is 31.5 Å². The molecule has 2 aromatic rings. The van der Waals surface area contributed by atoms with Crippen LogP contribution in [0.4, 0.5) is 11.5 Å². The normalized spacial score (nSPS) is 17.7. The molecule has 0 unspecified atom stereocenters. The van der Waals surface area contributed by atoms with Gasteiger partial charge in [0.15, 0.2) is 23.3 Å². The first-order valence-electron chi connectivity index (χ1n) is 10.0. The van der Waals surface area contributed by atoms with Crippen LogP contribution in [0.3, 0.4) is 0 Å². The summed E-state index contributed by atoms with van der Waals surface area (Å²) >= 11 is 0. The summed E-state index contributed by atoms with van der Waals surface area (Å²) in [5, 5.41) is 3.17. The third-order valence-electron chi connectivity index (χ3n) is 5.35. The molecule has 4 rings (SSSR count). The second kappa shape index (κ2) is 8.52. The predicted octanol–water partition coefficient (Wildman–Crippen LogP) is 1.78. The average molecular weight is 397 g/mol. The topological polar surface area (TPSA) is 124 Å². The molecule has 1 saturated heterocycles. The zero-order valence-corrected chi connectivity index (χ0v) is 16.4. The predicted molar refractivity (Wildman–Crippen MR) is 113 cm³/mol. The molecule has 0 saturated carbocycles. The number of likely N-dealkylation sites (tertiary alicyclic amines) is 1. The zero-order valence-electron chi connectivity index (χ0n) is 16.4. The second-order valence-corrected chi connectivity index (χ2v) is 7.48. The molecule has 1 aromatic heterocycles. The standard InChI is InChI=1S/C20H27N7O2/c21-19(22)23-9-4-1-5-10-26-11-8-14(12-26)27-13-17-18(25-20(27)28)24-15-6-2-3-7-16(15)29-17/h2-3,6-7,13-14H,1,4-5,8-12H2,(H4,21,22,23)(H,24,25,28)/t14-/m1/s1. The molecule has 0 spiro atoms. The van der Waals surface area contributed by atoms with Crippen LogP contribution in [0.1, 0.15) is 31.7 Å². The molecule has 0 amide bonds. The highest BCUT2D eigenvalue weighted by Crippen LogP contribution is 2.40. The maximum Gasteiger partial charge on any atom is 0.350 e. The summed E-state index contributed by atoms with van der Waals surface area (Å²) in [6, 6.07) is 7.74. The molecule has 0 aliphatic carbocycles. The highest BCUT2D eigenvalue weighted by Gasteiger charge is 2.27. The number of anilines is 2. The van der Waals surface area contributed by atoms with E-state index >= 15 is 0 Å². The number of guanidine groups is 1. The van der Waals surface area contributed by atoms with Crippen LogP contribution in [0.2, 0.25) is 0 Å². The minimum atomic E-state index is -0.247. The minimum Gasteiger partial charge on any atom is -0.450 e. The number of aliphatic imine (C=N–C) groups is 1. The largest absolute Gasteiger partial charge is 0.450 e. The molecule has 2 aliphatic heterocycles. The average Bonchev–Trinajstić information content (AvgIpc) is 3.17. The molecule has 1 aromatic carbocycles. The lowest BCUT2D eigenvalue weighted by molar-refractivity contribution is 0.312. The van der Waals surface area contributed by atoms with Crippen LogP contribution < -0.4 is 27.2 Å². The van der Waals surface area contributed by atoms with Crippen molar-refractivity contribution in [2.45, 2.75) is 31.7 Å². The SMILES string of the molecule is NC(N)=NCCCCCN1CC[C@@H](n2cc3c(nc2=O)Nc2ccccc2O3)C1. The van der Waals surface area contributed by atoms with E-state index in [0.29, 0.717) is 18.1 Å². The van der Waals surface area contributed by atoms with E-state index in [2.05, 4.69) is 20.2 Å². The second-order valence-electron chi connectivity index (χ2n) is 7.48. The Morgan fingerprint density at radius 1 is 1.24 bits per heavy atom. The summed E-state index contributed by atoms with van der Waals surface area (Å²) in [7, 11) is 0. The van der Waals surface area contributed by atoms with E-state index in [0.717, 1.165) is 56.8 Å². The van der Waals surface area contributed by atoms with Crippen LogP contribution >= 0.6 is 0 Å². The number of fused-ring (bicyclic) bond motifs is 2. The molecule has 9 nitrogen and oxygen atoms in total. The summed E-state index contributed by atoms with van der Waals surface area (Å²) in [5.74, 6) is 1.95. The first-order valence-corrected chi connectivity index (χ1v) is 10.0. The summed E-state index contributed by atoms with van der Waals surface area (Å²) in [6.45, 7) is 3.51. The third kappa shape index (κ3) is 4.51. The number of unbranched alkanes of at least 4 members (excludes halogenated alkanes) is 2. The third-order valence-corrected chi connectivity index (χ3v) is 5.35. The summed E-state index contributed by atoms with van der Waals surface area (Å²) in [6.07, 6.45) is 5.87. The smallest absolute Gasteiger partial charge is 0.350 e. The molecular weight excluding hydrogens is 370 g/mol. The molecule has 5 N–H and O–H groups in total. The van der Waals surface area contributed by atoms with Crippen molar-refractivity contribution in [3.05, 3.63) is 40.9 Å². The highest BCUT2D eigenvalue weighted by molar-refractivity contribution is 5.75. The number of hydrogen-bond acceptors (Lipinski definition) is 6. The number of ether oxygens (including phenoxy) is 1. The van der Waals surface area contributed by atoms with Gasteiger partial charge in [-0.25, -0.2) is 4.79 Å². The van der Waals surface area contributed by atoms with Gasteiger partial charge in [0.25, 0.3) is 0 Å². The first kappa shape index (κ1) is 19.3. The van der Waals surface area contributed by atoms with Gasteiger partial charge in [0, 0.05) is 19.6 Å². The van der Waals surface area contributed by atoms with Gasteiger partial charge in [-0.15, -0.1) is 0 Å². The molecule has 0 bridgehead atoms. The fourth-order valence-electron chi connectivity index (χ4n) is 3.86. The van der Waals surface area contributed by atoms with Crippen molar-refractivity contribution in [2.24, 2.45) is 16.5 Å². The van der Waals surface area contributed by atoms with Gasteiger partial charge in [0.05, 0.1) is 17.9 Å². The van der Waals surface area contributed by atoms with Crippen LogP contribution in [-0.4, -0.2) is 46.6 Å². The van der Waals surface area contributed by atoms with Gasteiger partial charge < -0.3 is 26.4 Å². The number of nitrogens with zero attached hydrogens (tertiary/aromatic N) is 4. The van der Waals surface area contributed by atoms with Crippen LogP contribution in [0.25, 0.3) is 0 Å². The fraction of sp³-hybridized carbons (Fsp3) is 0.450. The minimum absolute atomic E-state index is 0.114. The lowest BCUT2D eigenvalue weighted by Crippen LogP contribution is -2.30. The molecule has 3 heterocycles. The van der Waals surface area contributed by atoms with Crippen LogP contribution in [-0.2, 0) is 0 Å². The lowest BCUT2D eigenvalue weighted by Gasteiger charge is -2.23. The van der Waals surface area contributed by atoms with E-state index in [-0.39, 0.29) is 17.7 Å². The Hall–Kier alpha value is -3.07. The number of nitrogens with one attached hydrogen (secondary N) is 1. The summed E-state index contributed by atoms with van der Waals surface area (Å²) < 4.78 is 7.67. The van der Waals surface area contributed by atoms with Gasteiger partial charge in [-0.05, 0) is 37.9 Å². The summed E-state index contributed by atoms with van der Waals surface area (Å²) in [5.41, 5.74) is 11.2. The van der Waals surface area contributed by atoms with E-state index in [9.17, 15) is 4.79 Å². The van der Waals surface area contributed by atoms with E-state index in [1.807, 2.05) is 24.3 Å². The number of nitrogens with two attached hydrogens (primary N) is 2. The monoisotopic (exact) mass is 397 g/mol. The Morgan fingerprint density at radius 3 is 2.97 bits per heavy atom.